The first-order valence-electron chi connectivity index (χ1n) is 7.80. The van der Waals surface area contributed by atoms with Crippen LogP contribution in [0.1, 0.15) is 31.7 Å². The minimum atomic E-state index is -0.0601. The van der Waals surface area contributed by atoms with E-state index >= 15 is 0 Å². The number of likely N-dealkylation sites (tertiary alicyclic amines) is 1. The second kappa shape index (κ2) is 8.22. The van der Waals surface area contributed by atoms with Gasteiger partial charge in [-0.1, -0.05) is 12.1 Å². The van der Waals surface area contributed by atoms with Gasteiger partial charge in [-0.05, 0) is 50.8 Å². The van der Waals surface area contributed by atoms with Gasteiger partial charge in [0.05, 0.1) is 11.5 Å². The standard InChI is InChI=1S/C17H24N2O2S/c1-13-6-5-8-15(10-13)18-16(20)11-22-12-17(21)19-9-4-3-7-14(19)2/h5-6,8,10,14H,3-4,7,9,11-12H2,1-2H3,(H,18,20). The van der Waals surface area contributed by atoms with Crippen LogP contribution in [-0.2, 0) is 9.59 Å². The van der Waals surface area contributed by atoms with E-state index in [4.69, 9.17) is 0 Å². The number of carbonyl (C=O) groups is 2. The Hall–Kier alpha value is -1.49. The molecule has 1 fully saturated rings. The van der Waals surface area contributed by atoms with Crippen LogP contribution in [0.4, 0.5) is 5.69 Å². The molecular weight excluding hydrogens is 296 g/mol. The number of benzene rings is 1. The number of aryl methyl sites for hydroxylation is 1. The molecule has 0 bridgehead atoms. The lowest BCUT2D eigenvalue weighted by molar-refractivity contribution is -0.131. The van der Waals surface area contributed by atoms with Crippen molar-refractivity contribution in [2.24, 2.45) is 0 Å². The Labute approximate surface area is 136 Å². The van der Waals surface area contributed by atoms with E-state index in [-0.39, 0.29) is 11.8 Å². The van der Waals surface area contributed by atoms with E-state index in [0.29, 0.717) is 17.5 Å². The zero-order valence-corrected chi connectivity index (χ0v) is 14.1. The fourth-order valence-electron chi connectivity index (χ4n) is 2.70. The maximum atomic E-state index is 12.2. The van der Waals surface area contributed by atoms with Gasteiger partial charge in [0.2, 0.25) is 11.8 Å². The SMILES string of the molecule is Cc1cccc(NC(=O)CSCC(=O)N2CCCCC2C)c1. The topological polar surface area (TPSA) is 49.4 Å². The van der Waals surface area contributed by atoms with Crippen LogP contribution in [-0.4, -0.2) is 40.8 Å². The van der Waals surface area contributed by atoms with Gasteiger partial charge >= 0.3 is 0 Å². The molecular formula is C17H24N2O2S. The van der Waals surface area contributed by atoms with Crippen molar-refractivity contribution in [3.8, 4) is 0 Å². The van der Waals surface area contributed by atoms with Crippen molar-refractivity contribution < 1.29 is 9.59 Å². The molecule has 0 aliphatic carbocycles. The van der Waals surface area contributed by atoms with E-state index in [1.54, 1.807) is 0 Å². The monoisotopic (exact) mass is 320 g/mol. The molecule has 0 radical (unpaired) electrons. The summed E-state index contributed by atoms with van der Waals surface area (Å²) < 4.78 is 0. The first-order valence-corrected chi connectivity index (χ1v) is 8.95. The molecule has 0 spiro atoms. The number of hydrogen-bond acceptors (Lipinski definition) is 3. The summed E-state index contributed by atoms with van der Waals surface area (Å²) in [7, 11) is 0. The molecule has 5 heteroatoms. The fourth-order valence-corrected chi connectivity index (χ4v) is 3.40. The number of hydrogen-bond donors (Lipinski definition) is 1. The molecule has 1 aliphatic heterocycles. The quantitative estimate of drug-likeness (QED) is 0.907. The molecule has 1 unspecified atom stereocenters. The summed E-state index contributed by atoms with van der Waals surface area (Å²) in [6.07, 6.45) is 3.38. The third-order valence-corrected chi connectivity index (χ3v) is 4.80. The molecule has 2 rings (SSSR count). The van der Waals surface area contributed by atoms with Gasteiger partial charge in [0.1, 0.15) is 0 Å². The zero-order chi connectivity index (χ0) is 15.9. The highest BCUT2D eigenvalue weighted by molar-refractivity contribution is 8.00. The summed E-state index contributed by atoms with van der Waals surface area (Å²) in [6, 6.07) is 8.05. The molecule has 1 saturated heterocycles. The Kier molecular flexibility index (Phi) is 6.31. The van der Waals surface area contributed by atoms with Crippen LogP contribution in [0.3, 0.4) is 0 Å². The maximum Gasteiger partial charge on any atom is 0.234 e. The Morgan fingerprint density at radius 3 is 2.86 bits per heavy atom. The van der Waals surface area contributed by atoms with Crippen molar-refractivity contribution >= 4 is 29.3 Å². The summed E-state index contributed by atoms with van der Waals surface area (Å²) in [6.45, 7) is 4.95. The minimum Gasteiger partial charge on any atom is -0.339 e. The number of nitrogens with one attached hydrogen (secondary N) is 1. The lowest BCUT2D eigenvalue weighted by Gasteiger charge is -2.33. The fraction of sp³-hybridized carbons (Fsp3) is 0.529. The molecule has 1 aliphatic rings. The smallest absolute Gasteiger partial charge is 0.234 e. The van der Waals surface area contributed by atoms with Crippen molar-refractivity contribution in [1.82, 2.24) is 4.90 Å². The normalized spacial score (nSPS) is 18.1. The number of nitrogens with zero attached hydrogens (tertiary/aromatic N) is 1. The third kappa shape index (κ3) is 5.05. The lowest BCUT2D eigenvalue weighted by Crippen LogP contribution is -2.43. The van der Waals surface area contributed by atoms with Crippen LogP contribution in [0.5, 0.6) is 0 Å². The first kappa shape index (κ1) is 16.9. The number of anilines is 1. The van der Waals surface area contributed by atoms with Gasteiger partial charge in [-0.3, -0.25) is 9.59 Å². The van der Waals surface area contributed by atoms with E-state index in [9.17, 15) is 9.59 Å². The van der Waals surface area contributed by atoms with Gasteiger partial charge in [-0.2, -0.15) is 0 Å². The van der Waals surface area contributed by atoms with Gasteiger partial charge in [0, 0.05) is 18.3 Å². The molecule has 1 N–H and O–H groups in total. The van der Waals surface area contributed by atoms with E-state index < -0.39 is 0 Å². The summed E-state index contributed by atoms with van der Waals surface area (Å²) in [5.41, 5.74) is 1.92. The predicted octanol–water partition coefficient (Wildman–Crippen LogP) is 3.07. The van der Waals surface area contributed by atoms with Gasteiger partial charge < -0.3 is 10.2 Å². The summed E-state index contributed by atoms with van der Waals surface area (Å²) in [5.74, 6) is 0.781. The Bertz CT molecular complexity index is 533. The number of piperidine rings is 1. The number of thioether (sulfide) groups is 1. The van der Waals surface area contributed by atoms with Crippen LogP contribution in [0.2, 0.25) is 0 Å². The molecule has 0 aromatic heterocycles. The third-order valence-electron chi connectivity index (χ3n) is 3.88. The highest BCUT2D eigenvalue weighted by Crippen LogP contribution is 2.18. The summed E-state index contributed by atoms with van der Waals surface area (Å²) in [4.78, 5) is 26.0. The van der Waals surface area contributed by atoms with Crippen molar-refractivity contribution in [1.29, 1.82) is 0 Å². The molecule has 120 valence electrons. The minimum absolute atomic E-state index is 0.0601. The average molecular weight is 320 g/mol. The molecule has 1 atom stereocenters. The molecule has 2 amide bonds. The van der Waals surface area contributed by atoms with Crippen LogP contribution in [0.15, 0.2) is 24.3 Å². The summed E-state index contributed by atoms with van der Waals surface area (Å²) >= 11 is 1.39. The number of rotatable bonds is 5. The van der Waals surface area contributed by atoms with Gasteiger partial charge in [0.15, 0.2) is 0 Å². The van der Waals surface area contributed by atoms with E-state index in [0.717, 1.165) is 30.6 Å². The van der Waals surface area contributed by atoms with Crippen LogP contribution >= 0.6 is 11.8 Å². The molecule has 22 heavy (non-hydrogen) atoms. The van der Waals surface area contributed by atoms with Gasteiger partial charge in [-0.15, -0.1) is 11.8 Å². The van der Waals surface area contributed by atoms with Gasteiger partial charge in [0.25, 0.3) is 0 Å². The maximum absolute atomic E-state index is 12.2. The Balaban J connectivity index is 1.71. The van der Waals surface area contributed by atoms with Crippen molar-refractivity contribution in [2.75, 3.05) is 23.4 Å². The van der Waals surface area contributed by atoms with E-state index in [2.05, 4.69) is 12.2 Å². The first-order chi connectivity index (χ1) is 10.6. The van der Waals surface area contributed by atoms with Crippen molar-refractivity contribution in [3.63, 3.8) is 0 Å². The highest BCUT2D eigenvalue weighted by atomic mass is 32.2. The molecule has 1 aromatic rings. The second-order valence-electron chi connectivity index (χ2n) is 5.84. The number of amides is 2. The van der Waals surface area contributed by atoms with Crippen molar-refractivity contribution in [2.45, 2.75) is 39.2 Å². The lowest BCUT2D eigenvalue weighted by atomic mass is 10.0. The Morgan fingerprint density at radius 2 is 2.14 bits per heavy atom. The van der Waals surface area contributed by atoms with Crippen LogP contribution < -0.4 is 5.32 Å². The number of carbonyl (C=O) groups excluding carboxylic acids is 2. The van der Waals surface area contributed by atoms with Crippen LogP contribution in [0, 0.1) is 6.92 Å². The molecule has 1 aromatic carbocycles. The molecule has 4 nitrogen and oxygen atoms in total. The second-order valence-corrected chi connectivity index (χ2v) is 6.83. The van der Waals surface area contributed by atoms with Gasteiger partial charge in [-0.25, -0.2) is 0 Å². The van der Waals surface area contributed by atoms with Crippen molar-refractivity contribution in [3.05, 3.63) is 29.8 Å². The van der Waals surface area contributed by atoms with E-state index in [1.165, 1.54) is 18.2 Å². The summed E-state index contributed by atoms with van der Waals surface area (Å²) in [5, 5.41) is 2.86. The molecule has 0 saturated carbocycles. The van der Waals surface area contributed by atoms with Crippen LogP contribution in [0.25, 0.3) is 0 Å². The largest absolute Gasteiger partial charge is 0.339 e. The Morgan fingerprint density at radius 1 is 1.32 bits per heavy atom. The highest BCUT2D eigenvalue weighted by Gasteiger charge is 2.22. The molecule has 1 heterocycles. The average Bonchev–Trinajstić information content (AvgIpc) is 2.47. The van der Waals surface area contributed by atoms with E-state index in [1.807, 2.05) is 36.1 Å². The predicted molar refractivity (Wildman–Crippen MR) is 92.2 cm³/mol. The zero-order valence-electron chi connectivity index (χ0n) is 13.3.